The number of primary amides is 1. The molecule has 0 spiro atoms. The van der Waals surface area contributed by atoms with E-state index in [1.807, 2.05) is 60.6 Å². The Morgan fingerprint density at radius 2 is 1.33 bits per heavy atom. The van der Waals surface area contributed by atoms with Crippen LogP contribution in [0, 0.1) is 18.3 Å². The van der Waals surface area contributed by atoms with Gasteiger partial charge in [-0.1, -0.05) is 52.3 Å². The molecule has 0 heterocycles. The van der Waals surface area contributed by atoms with Crippen molar-refractivity contribution in [2.24, 2.45) is 22.8 Å². The number of amides is 6. The highest BCUT2D eigenvalue weighted by Gasteiger charge is 2.32. The van der Waals surface area contributed by atoms with Crippen LogP contribution in [0.2, 0.25) is 0 Å². The highest BCUT2D eigenvalue weighted by Crippen LogP contribution is 2.21. The second-order valence-corrected chi connectivity index (χ2v) is 15.6. The number of benzene rings is 1. The molecule has 0 aliphatic carbocycles. The number of anilines is 1. The lowest BCUT2D eigenvalue weighted by Gasteiger charge is -2.31. The van der Waals surface area contributed by atoms with E-state index < -0.39 is 53.3 Å². The Bertz CT molecular complexity index is 1300. The van der Waals surface area contributed by atoms with Crippen LogP contribution in [0.15, 0.2) is 24.3 Å². The third kappa shape index (κ3) is 18.7. The molecule has 0 bridgehead atoms. The zero-order valence-corrected chi connectivity index (χ0v) is 32.2. The molecule has 1 rings (SSSR count). The molecule has 0 aliphatic heterocycles. The largest absolute Gasteiger partial charge is 0.356 e. The van der Waals surface area contributed by atoms with Crippen LogP contribution in [0.5, 0.6) is 0 Å². The first-order valence-corrected chi connectivity index (χ1v) is 18.0. The number of urea groups is 1. The van der Waals surface area contributed by atoms with E-state index in [9.17, 15) is 28.8 Å². The Morgan fingerprint density at radius 1 is 0.725 bits per heavy atom. The second-order valence-electron chi connectivity index (χ2n) is 15.6. The molecule has 51 heavy (non-hydrogen) atoms. The molecule has 1 aromatic carbocycles. The fourth-order valence-electron chi connectivity index (χ4n) is 5.24. The average Bonchev–Trinajstić information content (AvgIpc) is 3.02. The Balaban J connectivity index is 2.67. The average molecular weight is 717 g/mol. The van der Waals surface area contributed by atoms with Gasteiger partial charge in [0.25, 0.3) is 0 Å². The lowest BCUT2D eigenvalue weighted by atomic mass is 9.84. The standard InChI is InChI=1S/C37H64N8O6/c1-23(2)30(34(50)43-28(14-12-22-41-35(39)51)33(49)42-25-17-15-24(3)16-18-25)44-32(48)26(38)13-10-11-21-40-29(46)20-19-27(45-37(7,8)9)31(47)36(4,5)6/h15-18,23,26-28,30,45H,10-14,19-22,38H2,1-9H3,(H,40,46)(H,42,49)(H,43,50)(H,44,48)(H3,39,41,51)/t26-,27+,28-,30-/m0/s1. The summed E-state index contributed by atoms with van der Waals surface area (Å²) < 4.78 is 0. The maximum absolute atomic E-state index is 13.4. The molecule has 6 amide bonds. The van der Waals surface area contributed by atoms with Crippen molar-refractivity contribution < 1.29 is 28.8 Å². The summed E-state index contributed by atoms with van der Waals surface area (Å²) in [6, 6.07) is 3.30. The van der Waals surface area contributed by atoms with E-state index in [1.165, 1.54) is 0 Å². The Labute approximate surface area is 304 Å². The van der Waals surface area contributed by atoms with Crippen LogP contribution in [0.3, 0.4) is 0 Å². The van der Waals surface area contributed by atoms with Crippen LogP contribution in [0.1, 0.15) is 106 Å². The van der Waals surface area contributed by atoms with E-state index in [4.69, 9.17) is 11.5 Å². The minimum Gasteiger partial charge on any atom is -0.356 e. The zero-order chi connectivity index (χ0) is 38.9. The van der Waals surface area contributed by atoms with Crippen LogP contribution < -0.4 is 43.4 Å². The second kappa shape index (κ2) is 21.4. The fourth-order valence-corrected chi connectivity index (χ4v) is 5.24. The SMILES string of the molecule is Cc1ccc(NC(=O)[C@H](CCCNC(N)=O)NC(=O)[C@@H](NC(=O)[C@@H](N)CCCCNC(=O)CC[C@@H](NC(C)(C)C)C(=O)C(C)(C)C)C(C)C)cc1. The molecule has 0 radical (unpaired) electrons. The Kier molecular flexibility index (Phi) is 18.8. The predicted molar refractivity (Wildman–Crippen MR) is 201 cm³/mol. The number of hydrogen-bond donors (Lipinski definition) is 8. The van der Waals surface area contributed by atoms with E-state index in [-0.39, 0.29) is 42.5 Å². The van der Waals surface area contributed by atoms with E-state index >= 15 is 0 Å². The summed E-state index contributed by atoms with van der Waals surface area (Å²) in [5.41, 5.74) is 12.1. The summed E-state index contributed by atoms with van der Waals surface area (Å²) >= 11 is 0. The van der Waals surface area contributed by atoms with Crippen LogP contribution in [-0.2, 0) is 24.0 Å². The van der Waals surface area contributed by atoms with Crippen LogP contribution >= 0.6 is 0 Å². The number of unbranched alkanes of at least 4 members (excludes halogenated alkanes) is 1. The number of ketones is 1. The van der Waals surface area contributed by atoms with Crippen molar-refractivity contribution in [1.29, 1.82) is 0 Å². The van der Waals surface area contributed by atoms with E-state index in [0.717, 1.165) is 5.56 Å². The molecule has 0 fully saturated rings. The highest BCUT2D eigenvalue weighted by atomic mass is 16.2. The molecule has 14 heteroatoms. The van der Waals surface area contributed by atoms with Crippen molar-refractivity contribution in [1.82, 2.24) is 26.6 Å². The maximum Gasteiger partial charge on any atom is 0.312 e. The molecule has 0 aliphatic rings. The van der Waals surface area contributed by atoms with Crippen molar-refractivity contribution in [2.75, 3.05) is 18.4 Å². The number of carbonyl (C=O) groups is 6. The molecule has 14 nitrogen and oxygen atoms in total. The number of nitrogens with one attached hydrogen (secondary N) is 6. The van der Waals surface area contributed by atoms with Crippen molar-refractivity contribution >= 4 is 41.1 Å². The number of aryl methyl sites for hydroxylation is 1. The first-order chi connectivity index (χ1) is 23.6. The molecule has 0 saturated heterocycles. The van der Waals surface area contributed by atoms with Crippen molar-refractivity contribution in [2.45, 2.75) is 137 Å². The first kappa shape index (κ1) is 45.0. The van der Waals surface area contributed by atoms with Crippen LogP contribution in [0.4, 0.5) is 10.5 Å². The normalized spacial score (nSPS) is 14.1. The molecule has 4 atom stereocenters. The van der Waals surface area contributed by atoms with Gasteiger partial charge in [0.05, 0.1) is 12.1 Å². The van der Waals surface area contributed by atoms with Gasteiger partial charge in [-0.05, 0) is 84.3 Å². The van der Waals surface area contributed by atoms with Crippen LogP contribution in [-0.4, -0.2) is 78.2 Å². The van der Waals surface area contributed by atoms with Gasteiger partial charge < -0.3 is 43.4 Å². The van der Waals surface area contributed by atoms with Crippen molar-refractivity contribution in [3.05, 3.63) is 29.8 Å². The molecule has 0 aromatic heterocycles. The number of nitrogens with two attached hydrogens (primary N) is 2. The molecular weight excluding hydrogens is 652 g/mol. The highest BCUT2D eigenvalue weighted by molar-refractivity contribution is 5.98. The number of carbonyl (C=O) groups excluding carboxylic acids is 6. The van der Waals surface area contributed by atoms with Gasteiger partial charge in [0.15, 0.2) is 5.78 Å². The number of rotatable bonds is 21. The van der Waals surface area contributed by atoms with Crippen LogP contribution in [0.25, 0.3) is 0 Å². The molecule has 10 N–H and O–H groups in total. The monoisotopic (exact) mass is 716 g/mol. The first-order valence-electron chi connectivity index (χ1n) is 18.0. The lowest BCUT2D eigenvalue weighted by molar-refractivity contribution is -0.132. The number of Topliss-reactive ketones (excluding diaryl/α,β-unsaturated/α-hetero) is 1. The summed E-state index contributed by atoms with van der Waals surface area (Å²) in [4.78, 5) is 76.2. The van der Waals surface area contributed by atoms with E-state index in [2.05, 4.69) is 31.9 Å². The summed E-state index contributed by atoms with van der Waals surface area (Å²) in [5, 5.41) is 17.0. The van der Waals surface area contributed by atoms with Gasteiger partial charge in [-0.25, -0.2) is 4.79 Å². The molecule has 0 saturated carbocycles. The summed E-state index contributed by atoms with van der Waals surface area (Å²) in [5.74, 6) is -1.88. The smallest absolute Gasteiger partial charge is 0.312 e. The van der Waals surface area contributed by atoms with E-state index in [0.29, 0.717) is 44.3 Å². The minimum atomic E-state index is -0.956. The van der Waals surface area contributed by atoms with Gasteiger partial charge in [0.1, 0.15) is 12.1 Å². The van der Waals surface area contributed by atoms with E-state index in [1.54, 1.807) is 26.0 Å². The maximum atomic E-state index is 13.4. The molecule has 288 valence electrons. The third-order valence-corrected chi connectivity index (χ3v) is 8.09. The zero-order valence-electron chi connectivity index (χ0n) is 32.2. The van der Waals surface area contributed by atoms with Gasteiger partial charge >= 0.3 is 6.03 Å². The van der Waals surface area contributed by atoms with Gasteiger partial charge in [-0.15, -0.1) is 0 Å². The van der Waals surface area contributed by atoms with Gasteiger partial charge in [-0.3, -0.25) is 24.0 Å². The Morgan fingerprint density at radius 3 is 1.88 bits per heavy atom. The molecular formula is C37H64N8O6. The Hall–Kier alpha value is -4.04. The lowest BCUT2D eigenvalue weighted by Crippen LogP contribution is -2.56. The predicted octanol–water partition coefficient (Wildman–Crippen LogP) is 2.77. The van der Waals surface area contributed by atoms with Crippen molar-refractivity contribution in [3.63, 3.8) is 0 Å². The van der Waals surface area contributed by atoms with Gasteiger partial charge in [-0.2, -0.15) is 0 Å². The quantitative estimate of drug-likeness (QED) is 0.0881. The van der Waals surface area contributed by atoms with Crippen molar-refractivity contribution in [3.8, 4) is 0 Å². The summed E-state index contributed by atoms with van der Waals surface area (Å²) in [6.07, 6.45) is 2.65. The van der Waals surface area contributed by atoms with Gasteiger partial charge in [0, 0.05) is 36.2 Å². The number of hydrogen-bond acceptors (Lipinski definition) is 8. The third-order valence-electron chi connectivity index (χ3n) is 8.09. The minimum absolute atomic E-state index is 0.0627. The fraction of sp³-hybridized carbons (Fsp3) is 0.676. The van der Waals surface area contributed by atoms with Gasteiger partial charge in [0.2, 0.25) is 23.6 Å². The molecule has 0 unspecified atom stereocenters. The molecule has 1 aromatic rings. The topological polar surface area (TPSA) is 227 Å². The summed E-state index contributed by atoms with van der Waals surface area (Å²) in [6.45, 7) is 17.7. The summed E-state index contributed by atoms with van der Waals surface area (Å²) in [7, 11) is 0.